The number of ether oxygens (including phenoxy) is 2. The Bertz CT molecular complexity index is 2070. The lowest BCUT2D eigenvalue weighted by Gasteiger charge is -2.40. The van der Waals surface area contributed by atoms with Crippen molar-refractivity contribution in [3.05, 3.63) is 102 Å². The van der Waals surface area contributed by atoms with Gasteiger partial charge in [0.05, 0.1) is 48.9 Å². The van der Waals surface area contributed by atoms with Gasteiger partial charge in [-0.15, -0.1) is 0 Å². The molecule has 0 spiro atoms. The molecular formula is C37H40N6O5S. The number of fused-ring (bicyclic) bond motifs is 1. The van der Waals surface area contributed by atoms with E-state index >= 15 is 0 Å². The van der Waals surface area contributed by atoms with Gasteiger partial charge in [0.1, 0.15) is 5.69 Å². The summed E-state index contributed by atoms with van der Waals surface area (Å²) in [5, 5.41) is 5.89. The summed E-state index contributed by atoms with van der Waals surface area (Å²) in [5.74, 6) is -0.765. The van der Waals surface area contributed by atoms with Crippen LogP contribution in [0.5, 0.6) is 0 Å². The lowest BCUT2D eigenvalue weighted by molar-refractivity contribution is 0.0224. The standard InChI is InChI=1S/C37H40N6O5S/c1-25(2)35-34-32(27-12-14-28(15-13-27)41-16-18-47-19-17-41)21-33(37(44)40-49(3,45)46)38-36(34)43(39-35)30-11-7-10-29(20-30)42-22-31(23-42)48-24-26-8-5-4-6-9-26/h4-15,20-21,25,31H,16-19,22-24H2,1-3H3,(H,40,44). The number of aromatic nitrogens is 3. The summed E-state index contributed by atoms with van der Waals surface area (Å²) in [5.41, 5.74) is 6.96. The van der Waals surface area contributed by atoms with Crippen LogP contribution in [0.3, 0.4) is 0 Å². The highest BCUT2D eigenvalue weighted by molar-refractivity contribution is 7.89. The number of carbonyl (C=O) groups is 1. The first-order chi connectivity index (χ1) is 23.6. The van der Waals surface area contributed by atoms with Crippen LogP contribution in [0, 0.1) is 0 Å². The maximum atomic E-state index is 13.3. The Hall–Kier alpha value is -4.78. The zero-order valence-corrected chi connectivity index (χ0v) is 28.7. The van der Waals surface area contributed by atoms with Crippen LogP contribution in [0.4, 0.5) is 11.4 Å². The summed E-state index contributed by atoms with van der Waals surface area (Å²) in [6, 6.07) is 28.1. The van der Waals surface area contributed by atoms with Crippen molar-refractivity contribution in [1.29, 1.82) is 0 Å². The minimum absolute atomic E-state index is 0.0149. The van der Waals surface area contributed by atoms with Gasteiger partial charge in [0.25, 0.3) is 5.91 Å². The molecule has 3 aromatic carbocycles. The number of morpholine rings is 1. The molecule has 49 heavy (non-hydrogen) atoms. The second-order valence-corrected chi connectivity index (χ2v) is 14.6. The van der Waals surface area contributed by atoms with Gasteiger partial charge in [-0.2, -0.15) is 5.10 Å². The molecule has 0 aliphatic carbocycles. The maximum Gasteiger partial charge on any atom is 0.283 e. The summed E-state index contributed by atoms with van der Waals surface area (Å²) >= 11 is 0. The number of hydrogen-bond acceptors (Lipinski definition) is 9. The number of hydrogen-bond donors (Lipinski definition) is 1. The Morgan fingerprint density at radius 1 is 0.918 bits per heavy atom. The van der Waals surface area contributed by atoms with E-state index in [1.54, 1.807) is 10.7 Å². The third-order valence-electron chi connectivity index (χ3n) is 8.89. The minimum atomic E-state index is -3.82. The minimum Gasteiger partial charge on any atom is -0.378 e. The van der Waals surface area contributed by atoms with Crippen LogP contribution in [0.15, 0.2) is 84.9 Å². The third-order valence-corrected chi connectivity index (χ3v) is 9.45. The van der Waals surface area contributed by atoms with Gasteiger partial charge in [-0.3, -0.25) is 4.79 Å². The zero-order valence-electron chi connectivity index (χ0n) is 27.9. The number of anilines is 2. The summed E-state index contributed by atoms with van der Waals surface area (Å²) in [4.78, 5) is 22.6. The maximum absolute atomic E-state index is 13.3. The van der Waals surface area contributed by atoms with Gasteiger partial charge < -0.3 is 19.3 Å². The second kappa shape index (κ2) is 13.6. The van der Waals surface area contributed by atoms with Crippen LogP contribution in [-0.2, 0) is 26.1 Å². The van der Waals surface area contributed by atoms with Crippen molar-refractivity contribution in [1.82, 2.24) is 19.5 Å². The Morgan fingerprint density at radius 2 is 1.63 bits per heavy atom. The van der Waals surface area contributed by atoms with Crippen molar-refractivity contribution in [2.45, 2.75) is 32.5 Å². The Kier molecular flexibility index (Phi) is 9.10. The van der Waals surface area contributed by atoms with Crippen molar-refractivity contribution in [3.8, 4) is 16.8 Å². The first-order valence-corrected chi connectivity index (χ1v) is 18.4. The van der Waals surface area contributed by atoms with Crippen LogP contribution in [0.1, 0.15) is 41.5 Å². The molecule has 0 unspecified atom stereocenters. The number of nitrogens with one attached hydrogen (secondary N) is 1. The second-order valence-electron chi connectivity index (χ2n) is 12.9. The summed E-state index contributed by atoms with van der Waals surface area (Å²) < 4.78 is 39.6. The predicted octanol–water partition coefficient (Wildman–Crippen LogP) is 5.14. The number of carbonyl (C=O) groups excluding carboxylic acids is 1. The Morgan fingerprint density at radius 3 is 2.33 bits per heavy atom. The lowest BCUT2D eigenvalue weighted by Crippen LogP contribution is -2.52. The number of sulfonamides is 1. The normalized spacial score (nSPS) is 15.5. The molecule has 0 atom stereocenters. The van der Waals surface area contributed by atoms with E-state index in [-0.39, 0.29) is 17.7 Å². The van der Waals surface area contributed by atoms with E-state index in [4.69, 9.17) is 19.6 Å². The number of amides is 1. The molecule has 2 fully saturated rings. The highest BCUT2D eigenvalue weighted by atomic mass is 32.2. The van der Waals surface area contributed by atoms with Crippen LogP contribution in [0.25, 0.3) is 27.8 Å². The first-order valence-electron chi connectivity index (χ1n) is 16.5. The third kappa shape index (κ3) is 7.17. The molecule has 11 nitrogen and oxygen atoms in total. The van der Waals surface area contributed by atoms with E-state index in [0.29, 0.717) is 25.5 Å². The van der Waals surface area contributed by atoms with Crippen LogP contribution >= 0.6 is 0 Å². The van der Waals surface area contributed by atoms with Crippen molar-refractivity contribution in [2.75, 3.05) is 55.4 Å². The molecule has 4 heterocycles. The van der Waals surface area contributed by atoms with Crippen molar-refractivity contribution in [3.63, 3.8) is 0 Å². The lowest BCUT2D eigenvalue weighted by atomic mass is 9.97. The predicted molar refractivity (Wildman–Crippen MR) is 191 cm³/mol. The van der Waals surface area contributed by atoms with Crippen molar-refractivity contribution >= 4 is 38.3 Å². The van der Waals surface area contributed by atoms with Crippen molar-refractivity contribution in [2.24, 2.45) is 0 Å². The fourth-order valence-electron chi connectivity index (χ4n) is 6.33. The van der Waals surface area contributed by atoms with Gasteiger partial charge in [0, 0.05) is 37.6 Å². The van der Waals surface area contributed by atoms with E-state index in [2.05, 4.69) is 64.8 Å². The monoisotopic (exact) mass is 680 g/mol. The number of benzene rings is 3. The van der Waals surface area contributed by atoms with Gasteiger partial charge >= 0.3 is 0 Å². The van der Waals surface area contributed by atoms with E-state index in [9.17, 15) is 13.2 Å². The Balaban J connectivity index is 1.25. The summed E-state index contributed by atoms with van der Waals surface area (Å²) in [6.45, 7) is 9.27. The highest BCUT2D eigenvalue weighted by Gasteiger charge is 2.29. The molecule has 0 saturated carbocycles. The zero-order chi connectivity index (χ0) is 34.1. The Labute approximate surface area is 286 Å². The van der Waals surface area contributed by atoms with Crippen molar-refractivity contribution < 1.29 is 22.7 Å². The van der Waals surface area contributed by atoms with Crippen LogP contribution in [-0.4, -0.2) is 80.8 Å². The molecule has 2 aromatic heterocycles. The smallest absolute Gasteiger partial charge is 0.283 e. The van der Waals surface area contributed by atoms with E-state index in [0.717, 1.165) is 77.3 Å². The molecule has 7 rings (SSSR count). The number of nitrogens with zero attached hydrogens (tertiary/aromatic N) is 5. The quantitative estimate of drug-likeness (QED) is 0.214. The summed E-state index contributed by atoms with van der Waals surface area (Å²) in [7, 11) is -3.82. The van der Waals surface area contributed by atoms with E-state index in [1.807, 2.05) is 42.5 Å². The van der Waals surface area contributed by atoms with Gasteiger partial charge in [-0.05, 0) is 59.0 Å². The molecular weight excluding hydrogens is 641 g/mol. The number of rotatable bonds is 10. The van der Waals surface area contributed by atoms with E-state index < -0.39 is 15.9 Å². The average molecular weight is 681 g/mol. The molecule has 1 amide bonds. The molecule has 1 N–H and O–H groups in total. The molecule has 254 valence electrons. The molecule has 2 saturated heterocycles. The largest absolute Gasteiger partial charge is 0.378 e. The van der Waals surface area contributed by atoms with Gasteiger partial charge in [-0.1, -0.05) is 62.4 Å². The molecule has 0 radical (unpaired) electrons. The highest BCUT2D eigenvalue weighted by Crippen LogP contribution is 2.37. The summed E-state index contributed by atoms with van der Waals surface area (Å²) in [6.07, 6.45) is 1.09. The fourth-order valence-corrected chi connectivity index (χ4v) is 6.77. The molecule has 2 aliphatic heterocycles. The first kappa shape index (κ1) is 32.8. The van der Waals surface area contributed by atoms with Gasteiger partial charge in [0.15, 0.2) is 5.65 Å². The number of pyridine rings is 1. The molecule has 0 bridgehead atoms. The molecule has 12 heteroatoms. The van der Waals surface area contributed by atoms with Gasteiger partial charge in [0.2, 0.25) is 10.0 Å². The fraction of sp³-hybridized carbons (Fsp3) is 0.324. The molecule has 2 aliphatic rings. The molecule has 5 aromatic rings. The topological polar surface area (TPSA) is 119 Å². The SMILES string of the molecule is CC(C)c1nn(-c2cccc(N3CC(OCc4ccccc4)C3)c2)c2nc(C(=O)NS(C)(=O)=O)cc(-c3ccc(N4CCOCC4)cc3)c12. The van der Waals surface area contributed by atoms with Gasteiger partial charge in [-0.25, -0.2) is 22.8 Å². The van der Waals surface area contributed by atoms with E-state index in [1.165, 1.54) is 0 Å². The average Bonchev–Trinajstić information content (AvgIpc) is 3.48. The van der Waals surface area contributed by atoms with Crippen LogP contribution < -0.4 is 14.5 Å². The van der Waals surface area contributed by atoms with Crippen LogP contribution in [0.2, 0.25) is 0 Å².